The number of amides is 1. The fraction of sp³-hybridized carbons (Fsp3) is 0.357. The van der Waals surface area contributed by atoms with E-state index in [1.54, 1.807) is 11.0 Å². The second kappa shape index (κ2) is 6.09. The number of anilines is 1. The molecule has 1 amide bonds. The molecule has 7 heteroatoms. The highest BCUT2D eigenvalue weighted by Crippen LogP contribution is 2.24. The van der Waals surface area contributed by atoms with E-state index in [1.807, 2.05) is 25.1 Å². The second-order valence-electron chi connectivity index (χ2n) is 4.60. The molecule has 2 aromatic rings. The summed E-state index contributed by atoms with van der Waals surface area (Å²) in [6.45, 7) is 4.30. The summed E-state index contributed by atoms with van der Waals surface area (Å²) in [7, 11) is 0. The van der Waals surface area contributed by atoms with Crippen LogP contribution in [-0.4, -0.2) is 40.7 Å². The molecule has 0 aliphatic carbocycles. The maximum atomic E-state index is 12.6. The number of carbonyl (C=O) groups is 1. The molecular formula is C14H16N4O2S. The standard InChI is InChI=1S/C14H16N4O2S/c1-2-15-14-17-16-12(21-14)9-18-7-8-20-11-6-4-3-5-10(11)13(18)19/h3-6H,2,7-9H2,1H3,(H,15,17). The number of ether oxygens (including phenoxy) is 1. The Morgan fingerprint density at radius 3 is 3.10 bits per heavy atom. The van der Waals surface area contributed by atoms with Gasteiger partial charge in [0, 0.05) is 6.54 Å². The highest BCUT2D eigenvalue weighted by Gasteiger charge is 2.24. The topological polar surface area (TPSA) is 67.3 Å². The van der Waals surface area contributed by atoms with E-state index in [4.69, 9.17) is 4.74 Å². The van der Waals surface area contributed by atoms with E-state index in [-0.39, 0.29) is 5.91 Å². The first kappa shape index (κ1) is 13.8. The SMILES string of the molecule is CCNc1nnc(CN2CCOc3ccccc3C2=O)s1. The van der Waals surface area contributed by atoms with Crippen LogP contribution in [0.5, 0.6) is 5.75 Å². The van der Waals surface area contributed by atoms with Gasteiger partial charge in [0.1, 0.15) is 17.4 Å². The molecule has 110 valence electrons. The van der Waals surface area contributed by atoms with Crippen molar-refractivity contribution in [1.29, 1.82) is 0 Å². The summed E-state index contributed by atoms with van der Waals surface area (Å²) in [5.74, 6) is 0.624. The number of para-hydroxylation sites is 1. The lowest BCUT2D eigenvalue weighted by molar-refractivity contribution is 0.0742. The highest BCUT2D eigenvalue weighted by molar-refractivity contribution is 7.15. The smallest absolute Gasteiger partial charge is 0.258 e. The molecule has 3 rings (SSSR count). The van der Waals surface area contributed by atoms with Crippen LogP contribution in [0.25, 0.3) is 0 Å². The minimum atomic E-state index is -0.0247. The monoisotopic (exact) mass is 304 g/mol. The molecule has 0 spiro atoms. The number of nitrogens with zero attached hydrogens (tertiary/aromatic N) is 3. The zero-order chi connectivity index (χ0) is 14.7. The molecule has 0 unspecified atom stereocenters. The predicted octanol–water partition coefficient (Wildman–Crippen LogP) is 2.00. The molecule has 1 aromatic carbocycles. The third-order valence-corrected chi connectivity index (χ3v) is 4.01. The van der Waals surface area contributed by atoms with Crippen molar-refractivity contribution in [1.82, 2.24) is 15.1 Å². The Balaban J connectivity index is 1.77. The van der Waals surface area contributed by atoms with Gasteiger partial charge in [-0.3, -0.25) is 4.79 Å². The molecule has 1 aromatic heterocycles. The minimum Gasteiger partial charge on any atom is -0.491 e. The fourth-order valence-corrected chi connectivity index (χ4v) is 2.98. The zero-order valence-corrected chi connectivity index (χ0v) is 12.5. The van der Waals surface area contributed by atoms with Gasteiger partial charge in [-0.2, -0.15) is 0 Å². The van der Waals surface area contributed by atoms with Crippen molar-refractivity contribution in [2.45, 2.75) is 13.5 Å². The van der Waals surface area contributed by atoms with Gasteiger partial charge in [-0.1, -0.05) is 23.5 Å². The fourth-order valence-electron chi connectivity index (χ4n) is 2.16. The van der Waals surface area contributed by atoms with Gasteiger partial charge < -0.3 is 15.0 Å². The molecule has 0 saturated heterocycles. The summed E-state index contributed by atoms with van der Waals surface area (Å²) < 4.78 is 5.62. The Morgan fingerprint density at radius 2 is 2.24 bits per heavy atom. The number of aromatic nitrogens is 2. The minimum absolute atomic E-state index is 0.0247. The van der Waals surface area contributed by atoms with Crippen LogP contribution in [0.3, 0.4) is 0 Å². The van der Waals surface area contributed by atoms with Gasteiger partial charge in [0.05, 0.1) is 18.7 Å². The number of carbonyl (C=O) groups excluding carboxylic acids is 1. The van der Waals surface area contributed by atoms with Crippen LogP contribution >= 0.6 is 11.3 Å². The quantitative estimate of drug-likeness (QED) is 0.936. The average Bonchev–Trinajstić information content (AvgIpc) is 2.87. The van der Waals surface area contributed by atoms with E-state index >= 15 is 0 Å². The molecule has 6 nitrogen and oxygen atoms in total. The Kier molecular flexibility index (Phi) is 4.01. The Hall–Kier alpha value is -2.15. The third-order valence-electron chi connectivity index (χ3n) is 3.14. The molecular weight excluding hydrogens is 288 g/mol. The van der Waals surface area contributed by atoms with Gasteiger partial charge in [-0.15, -0.1) is 10.2 Å². The van der Waals surface area contributed by atoms with Crippen molar-refractivity contribution >= 4 is 22.4 Å². The van der Waals surface area contributed by atoms with Crippen molar-refractivity contribution < 1.29 is 9.53 Å². The molecule has 0 radical (unpaired) electrons. The highest BCUT2D eigenvalue weighted by atomic mass is 32.1. The molecule has 21 heavy (non-hydrogen) atoms. The van der Waals surface area contributed by atoms with E-state index < -0.39 is 0 Å². The van der Waals surface area contributed by atoms with Crippen LogP contribution < -0.4 is 10.1 Å². The largest absolute Gasteiger partial charge is 0.491 e. The van der Waals surface area contributed by atoms with Crippen molar-refractivity contribution in [3.63, 3.8) is 0 Å². The maximum Gasteiger partial charge on any atom is 0.258 e. The van der Waals surface area contributed by atoms with E-state index in [1.165, 1.54) is 11.3 Å². The summed E-state index contributed by atoms with van der Waals surface area (Å²) in [6.07, 6.45) is 0. The first-order valence-electron chi connectivity index (χ1n) is 6.85. The van der Waals surface area contributed by atoms with Crippen LogP contribution in [0, 0.1) is 0 Å². The Labute approximate surface area is 126 Å². The van der Waals surface area contributed by atoms with Gasteiger partial charge >= 0.3 is 0 Å². The van der Waals surface area contributed by atoms with E-state index in [0.29, 0.717) is 31.0 Å². The number of fused-ring (bicyclic) bond motifs is 1. The summed E-state index contributed by atoms with van der Waals surface area (Å²) in [6, 6.07) is 7.33. The molecule has 0 fully saturated rings. The normalized spacial score (nSPS) is 14.3. The Morgan fingerprint density at radius 1 is 1.38 bits per heavy atom. The molecule has 2 heterocycles. The number of hydrogen-bond acceptors (Lipinski definition) is 6. The van der Waals surface area contributed by atoms with E-state index in [2.05, 4.69) is 15.5 Å². The first-order chi connectivity index (χ1) is 10.3. The van der Waals surface area contributed by atoms with Crippen LogP contribution in [0.4, 0.5) is 5.13 Å². The summed E-state index contributed by atoms with van der Waals surface area (Å²) in [5.41, 5.74) is 0.603. The number of hydrogen-bond donors (Lipinski definition) is 1. The van der Waals surface area contributed by atoms with Crippen LogP contribution in [-0.2, 0) is 6.54 Å². The lowest BCUT2D eigenvalue weighted by Gasteiger charge is -2.17. The molecule has 0 saturated carbocycles. The zero-order valence-electron chi connectivity index (χ0n) is 11.7. The first-order valence-corrected chi connectivity index (χ1v) is 7.67. The van der Waals surface area contributed by atoms with Crippen LogP contribution in [0.1, 0.15) is 22.3 Å². The summed E-state index contributed by atoms with van der Waals surface area (Å²) >= 11 is 1.47. The second-order valence-corrected chi connectivity index (χ2v) is 5.66. The van der Waals surface area contributed by atoms with E-state index in [9.17, 15) is 4.79 Å². The van der Waals surface area contributed by atoms with E-state index in [0.717, 1.165) is 16.7 Å². The molecule has 1 N–H and O–H groups in total. The predicted molar refractivity (Wildman–Crippen MR) is 80.8 cm³/mol. The van der Waals surface area contributed by atoms with Crippen molar-refractivity contribution in [2.75, 3.05) is 25.0 Å². The van der Waals surface area contributed by atoms with Gasteiger partial charge in [-0.25, -0.2) is 0 Å². The van der Waals surface area contributed by atoms with Crippen molar-refractivity contribution in [3.05, 3.63) is 34.8 Å². The lowest BCUT2D eigenvalue weighted by Crippen LogP contribution is -2.31. The number of nitrogens with one attached hydrogen (secondary N) is 1. The molecule has 1 aliphatic heterocycles. The summed E-state index contributed by atoms with van der Waals surface area (Å²) in [4.78, 5) is 14.3. The molecule has 0 atom stereocenters. The third kappa shape index (κ3) is 2.97. The number of rotatable bonds is 4. The summed E-state index contributed by atoms with van der Waals surface area (Å²) in [5, 5.41) is 12.9. The van der Waals surface area contributed by atoms with Crippen LogP contribution in [0.2, 0.25) is 0 Å². The average molecular weight is 304 g/mol. The maximum absolute atomic E-state index is 12.6. The van der Waals surface area contributed by atoms with Crippen LogP contribution in [0.15, 0.2) is 24.3 Å². The van der Waals surface area contributed by atoms with Gasteiger partial charge in [0.25, 0.3) is 5.91 Å². The lowest BCUT2D eigenvalue weighted by atomic mass is 10.2. The van der Waals surface area contributed by atoms with Gasteiger partial charge in [0.15, 0.2) is 0 Å². The molecule has 0 bridgehead atoms. The van der Waals surface area contributed by atoms with Crippen molar-refractivity contribution in [3.8, 4) is 5.75 Å². The van der Waals surface area contributed by atoms with Gasteiger partial charge in [0.2, 0.25) is 5.13 Å². The number of benzene rings is 1. The van der Waals surface area contributed by atoms with Crippen molar-refractivity contribution in [2.24, 2.45) is 0 Å². The van der Waals surface area contributed by atoms with Gasteiger partial charge in [-0.05, 0) is 19.1 Å². The molecule has 1 aliphatic rings. The Bertz CT molecular complexity index is 643.